The molecule has 2 N–H and O–H groups in total. The van der Waals surface area contributed by atoms with Gasteiger partial charge in [-0.15, -0.1) is 24.0 Å². The number of carbonyl (C=O) groups is 1. The Hall–Kier alpha value is -0.770. The number of amides is 1. The van der Waals surface area contributed by atoms with Crippen LogP contribution in [-0.4, -0.2) is 79.3 Å². The molecule has 0 radical (unpaired) electrons. The summed E-state index contributed by atoms with van der Waals surface area (Å²) in [4.78, 5) is 21.9. The fourth-order valence-electron chi connectivity index (χ4n) is 3.51. The van der Waals surface area contributed by atoms with Crippen LogP contribution in [0.1, 0.15) is 61.8 Å². The molecule has 178 valence electrons. The summed E-state index contributed by atoms with van der Waals surface area (Å²) in [5.74, 6) is 1.90. The second kappa shape index (κ2) is 14.3. The molecule has 0 bridgehead atoms. The van der Waals surface area contributed by atoms with Crippen LogP contribution >= 0.6 is 24.0 Å². The number of likely N-dealkylation sites (tertiary alicyclic amines) is 1. The third kappa shape index (κ3) is 11.0. The van der Waals surface area contributed by atoms with Crippen molar-refractivity contribution in [2.45, 2.75) is 73.5 Å². The second-order valence-electron chi connectivity index (χ2n) is 9.28. The van der Waals surface area contributed by atoms with Crippen molar-refractivity contribution in [2.75, 3.05) is 45.8 Å². The molecule has 2 atom stereocenters. The maximum atomic E-state index is 12.2. The summed E-state index contributed by atoms with van der Waals surface area (Å²) in [5.41, 5.74) is -0.501. The average molecular weight is 540 g/mol. The molecule has 0 aliphatic carbocycles. The Kier molecular flexibility index (Phi) is 14.0. The van der Waals surface area contributed by atoms with E-state index in [-0.39, 0.29) is 42.0 Å². The first-order valence-corrected chi connectivity index (χ1v) is 11.3. The van der Waals surface area contributed by atoms with Gasteiger partial charge in [0.2, 0.25) is 0 Å². The Morgan fingerprint density at radius 1 is 1.23 bits per heavy atom. The predicted octanol–water partition coefficient (Wildman–Crippen LogP) is 3.78. The Bertz CT molecular complexity index is 518. The van der Waals surface area contributed by atoms with Crippen LogP contribution in [0.4, 0.5) is 4.79 Å². The van der Waals surface area contributed by atoms with Crippen molar-refractivity contribution in [3.05, 3.63) is 0 Å². The normalized spacial score (nSPS) is 18.4. The summed E-state index contributed by atoms with van der Waals surface area (Å²) in [6.45, 7) is 23.2. The van der Waals surface area contributed by atoms with E-state index in [2.05, 4.69) is 55.1 Å². The first kappa shape index (κ1) is 29.2. The van der Waals surface area contributed by atoms with Crippen molar-refractivity contribution < 1.29 is 9.53 Å². The van der Waals surface area contributed by atoms with Crippen LogP contribution in [0, 0.1) is 11.8 Å². The van der Waals surface area contributed by atoms with Gasteiger partial charge in [-0.25, -0.2) is 4.79 Å². The number of nitrogens with one attached hydrogen (secondary N) is 2. The standard InChI is InChI=1S/C22H45N5O2.HI/c1-9-23-20(27-13-12-18(16-27)15-26(10-2)11-3)24-14-19(17(4)5)25-21(28)29-22(6,7)8;/h17-19H,9-16H2,1-8H3,(H,23,24)(H,25,28);1H. The Morgan fingerprint density at radius 2 is 1.87 bits per heavy atom. The second-order valence-corrected chi connectivity index (χ2v) is 9.28. The van der Waals surface area contributed by atoms with E-state index < -0.39 is 5.60 Å². The molecule has 1 aliphatic rings. The third-order valence-corrected chi connectivity index (χ3v) is 5.28. The minimum atomic E-state index is -0.501. The van der Waals surface area contributed by atoms with Gasteiger partial charge in [-0.2, -0.15) is 0 Å². The summed E-state index contributed by atoms with van der Waals surface area (Å²) in [6, 6.07) is -0.0624. The van der Waals surface area contributed by atoms with Gasteiger partial charge in [0.15, 0.2) is 5.96 Å². The largest absolute Gasteiger partial charge is 0.444 e. The van der Waals surface area contributed by atoms with Gasteiger partial charge >= 0.3 is 6.09 Å². The van der Waals surface area contributed by atoms with Crippen molar-refractivity contribution in [1.29, 1.82) is 0 Å². The van der Waals surface area contributed by atoms with E-state index >= 15 is 0 Å². The quantitative estimate of drug-likeness (QED) is 0.265. The van der Waals surface area contributed by atoms with E-state index in [0.717, 1.165) is 45.2 Å². The monoisotopic (exact) mass is 539 g/mol. The molecular weight excluding hydrogens is 493 g/mol. The summed E-state index contributed by atoms with van der Waals surface area (Å²) in [5, 5.41) is 6.42. The molecule has 0 saturated carbocycles. The van der Waals surface area contributed by atoms with Crippen LogP contribution in [-0.2, 0) is 4.74 Å². The molecule has 0 aromatic heterocycles. The number of aliphatic imine (C=N–C) groups is 1. The molecule has 0 aromatic carbocycles. The highest BCUT2D eigenvalue weighted by Crippen LogP contribution is 2.18. The molecule has 1 saturated heterocycles. The molecule has 0 spiro atoms. The fraction of sp³-hybridized carbons (Fsp3) is 0.909. The average Bonchev–Trinajstić information content (AvgIpc) is 3.08. The van der Waals surface area contributed by atoms with Crippen molar-refractivity contribution in [3.8, 4) is 0 Å². The molecule has 1 heterocycles. The lowest BCUT2D eigenvalue weighted by Crippen LogP contribution is -2.45. The van der Waals surface area contributed by atoms with Gasteiger partial charge in [-0.05, 0) is 59.0 Å². The number of carbonyl (C=O) groups excluding carboxylic acids is 1. The molecule has 1 aliphatic heterocycles. The summed E-state index contributed by atoms with van der Waals surface area (Å²) < 4.78 is 5.42. The topological polar surface area (TPSA) is 69.2 Å². The zero-order valence-corrected chi connectivity index (χ0v) is 22.8. The Balaban J connectivity index is 0.00000841. The van der Waals surface area contributed by atoms with Gasteiger partial charge in [0, 0.05) is 26.2 Å². The lowest BCUT2D eigenvalue weighted by molar-refractivity contribution is 0.0493. The molecule has 2 unspecified atom stereocenters. The van der Waals surface area contributed by atoms with Crippen molar-refractivity contribution in [1.82, 2.24) is 20.4 Å². The van der Waals surface area contributed by atoms with Crippen LogP contribution in [0.5, 0.6) is 0 Å². The van der Waals surface area contributed by atoms with Gasteiger partial charge < -0.3 is 25.2 Å². The lowest BCUT2D eigenvalue weighted by atomic mass is 10.1. The summed E-state index contributed by atoms with van der Waals surface area (Å²) in [6.07, 6.45) is 0.821. The predicted molar refractivity (Wildman–Crippen MR) is 137 cm³/mol. The third-order valence-electron chi connectivity index (χ3n) is 5.28. The van der Waals surface area contributed by atoms with Gasteiger partial charge in [0.1, 0.15) is 5.60 Å². The highest BCUT2D eigenvalue weighted by atomic mass is 127. The summed E-state index contributed by atoms with van der Waals surface area (Å²) in [7, 11) is 0. The van der Waals surface area contributed by atoms with E-state index in [1.165, 1.54) is 6.42 Å². The van der Waals surface area contributed by atoms with Crippen LogP contribution in [0.15, 0.2) is 4.99 Å². The number of hydrogen-bond donors (Lipinski definition) is 2. The van der Waals surface area contributed by atoms with E-state index in [1.807, 2.05) is 20.8 Å². The molecule has 30 heavy (non-hydrogen) atoms. The molecular formula is C22H46IN5O2. The summed E-state index contributed by atoms with van der Waals surface area (Å²) >= 11 is 0. The van der Waals surface area contributed by atoms with Crippen LogP contribution in [0.3, 0.4) is 0 Å². The van der Waals surface area contributed by atoms with Crippen molar-refractivity contribution in [2.24, 2.45) is 16.8 Å². The molecule has 0 aromatic rings. The SMILES string of the molecule is CCNC(=NCC(NC(=O)OC(C)(C)C)C(C)C)N1CCC(CN(CC)CC)C1.I. The van der Waals surface area contributed by atoms with Crippen molar-refractivity contribution >= 4 is 36.0 Å². The number of rotatable bonds is 9. The highest BCUT2D eigenvalue weighted by molar-refractivity contribution is 14.0. The number of hydrogen-bond acceptors (Lipinski definition) is 4. The van der Waals surface area contributed by atoms with Gasteiger partial charge in [0.05, 0.1) is 12.6 Å². The molecule has 1 fully saturated rings. The zero-order valence-electron chi connectivity index (χ0n) is 20.5. The smallest absolute Gasteiger partial charge is 0.407 e. The van der Waals surface area contributed by atoms with E-state index in [1.54, 1.807) is 0 Å². The van der Waals surface area contributed by atoms with Gasteiger partial charge in [-0.1, -0.05) is 27.7 Å². The minimum Gasteiger partial charge on any atom is -0.444 e. The molecule has 8 heteroatoms. The van der Waals surface area contributed by atoms with Crippen molar-refractivity contribution in [3.63, 3.8) is 0 Å². The number of alkyl carbamates (subject to hydrolysis) is 1. The molecule has 1 amide bonds. The van der Waals surface area contributed by atoms with E-state index in [9.17, 15) is 4.79 Å². The Labute approximate surface area is 201 Å². The fourth-order valence-corrected chi connectivity index (χ4v) is 3.51. The molecule has 1 rings (SSSR count). The number of guanidine groups is 1. The van der Waals surface area contributed by atoms with E-state index in [0.29, 0.717) is 12.5 Å². The van der Waals surface area contributed by atoms with Crippen LogP contribution in [0.25, 0.3) is 0 Å². The van der Waals surface area contributed by atoms with Gasteiger partial charge in [0.25, 0.3) is 0 Å². The highest BCUT2D eigenvalue weighted by Gasteiger charge is 2.27. The molecule has 7 nitrogen and oxygen atoms in total. The maximum absolute atomic E-state index is 12.2. The van der Waals surface area contributed by atoms with Gasteiger partial charge in [-0.3, -0.25) is 4.99 Å². The van der Waals surface area contributed by atoms with E-state index in [4.69, 9.17) is 9.73 Å². The first-order chi connectivity index (χ1) is 13.6. The lowest BCUT2D eigenvalue weighted by Gasteiger charge is -2.27. The Morgan fingerprint density at radius 3 is 2.37 bits per heavy atom. The number of ether oxygens (including phenoxy) is 1. The number of halogens is 1. The van der Waals surface area contributed by atoms with Crippen LogP contribution < -0.4 is 10.6 Å². The number of nitrogens with zero attached hydrogens (tertiary/aromatic N) is 3. The zero-order chi connectivity index (χ0) is 22.0. The van der Waals surface area contributed by atoms with Crippen LogP contribution in [0.2, 0.25) is 0 Å². The first-order valence-electron chi connectivity index (χ1n) is 11.3. The minimum absolute atomic E-state index is 0. The maximum Gasteiger partial charge on any atom is 0.407 e.